The molecule has 0 aliphatic carbocycles. The summed E-state index contributed by atoms with van der Waals surface area (Å²) in [6.45, 7) is 1.84. The van der Waals surface area contributed by atoms with Crippen molar-refractivity contribution in [3.8, 4) is 0 Å². The maximum absolute atomic E-state index is 12.5. The van der Waals surface area contributed by atoms with Gasteiger partial charge in [0.1, 0.15) is 5.69 Å². The van der Waals surface area contributed by atoms with E-state index in [2.05, 4.69) is 10.3 Å². The number of carbonyl (C=O) groups is 2. The van der Waals surface area contributed by atoms with E-state index in [0.717, 1.165) is 37.9 Å². The maximum Gasteiger partial charge on any atom is 0.272 e. The summed E-state index contributed by atoms with van der Waals surface area (Å²) in [6, 6.07) is 10.5. The molecule has 1 aliphatic rings. The van der Waals surface area contributed by atoms with Gasteiger partial charge in [-0.25, -0.2) is 0 Å². The molecule has 0 radical (unpaired) electrons. The van der Waals surface area contributed by atoms with Crippen molar-refractivity contribution in [3.05, 3.63) is 64.4 Å². The highest BCUT2D eigenvalue weighted by molar-refractivity contribution is 6.31. The Hall–Kier alpha value is -2.40. The maximum atomic E-state index is 12.5. The molecule has 130 valence electrons. The summed E-state index contributed by atoms with van der Waals surface area (Å²) in [6.07, 6.45) is 4.69. The summed E-state index contributed by atoms with van der Waals surface area (Å²) in [5.74, 6) is -0.365. The largest absolute Gasteiger partial charge is 0.348 e. The number of aromatic nitrogens is 1. The third kappa shape index (κ3) is 4.37. The normalized spacial score (nSPS) is 14.2. The predicted molar refractivity (Wildman–Crippen MR) is 96.6 cm³/mol. The molecule has 25 heavy (non-hydrogen) atoms. The predicted octanol–water partition coefficient (Wildman–Crippen LogP) is 3.29. The summed E-state index contributed by atoms with van der Waals surface area (Å²) >= 11 is 6.10. The van der Waals surface area contributed by atoms with Crippen LogP contribution >= 0.6 is 11.6 Å². The van der Waals surface area contributed by atoms with E-state index in [1.165, 1.54) is 6.20 Å². The van der Waals surface area contributed by atoms with Gasteiger partial charge in [-0.1, -0.05) is 29.8 Å². The molecule has 0 bridgehead atoms. The van der Waals surface area contributed by atoms with E-state index in [9.17, 15) is 9.59 Å². The van der Waals surface area contributed by atoms with Crippen molar-refractivity contribution in [2.24, 2.45) is 0 Å². The molecule has 6 heteroatoms. The summed E-state index contributed by atoms with van der Waals surface area (Å²) in [7, 11) is 0. The van der Waals surface area contributed by atoms with Crippen LogP contribution in [-0.2, 0) is 6.54 Å². The molecule has 2 heterocycles. The Morgan fingerprint density at radius 2 is 1.88 bits per heavy atom. The molecule has 0 unspecified atom stereocenters. The molecule has 1 N–H and O–H groups in total. The quantitative estimate of drug-likeness (QED) is 0.913. The summed E-state index contributed by atoms with van der Waals surface area (Å²) in [5.41, 5.74) is 1.57. The minimum Gasteiger partial charge on any atom is -0.348 e. The zero-order valence-electron chi connectivity index (χ0n) is 13.9. The van der Waals surface area contributed by atoms with Crippen molar-refractivity contribution in [3.63, 3.8) is 0 Å². The van der Waals surface area contributed by atoms with Crippen molar-refractivity contribution in [1.29, 1.82) is 0 Å². The number of nitrogens with one attached hydrogen (secondary N) is 1. The summed E-state index contributed by atoms with van der Waals surface area (Å²) in [5, 5.41) is 3.44. The lowest BCUT2D eigenvalue weighted by molar-refractivity contribution is 0.0718. The number of halogens is 1. The van der Waals surface area contributed by atoms with Gasteiger partial charge in [-0.3, -0.25) is 14.6 Å². The van der Waals surface area contributed by atoms with Gasteiger partial charge in [0.2, 0.25) is 0 Å². The Balaban J connectivity index is 1.67. The van der Waals surface area contributed by atoms with Crippen LogP contribution in [0.1, 0.15) is 45.7 Å². The Morgan fingerprint density at radius 3 is 2.64 bits per heavy atom. The molecule has 1 fully saturated rings. The molecule has 0 atom stereocenters. The minimum absolute atomic E-state index is 0.111. The standard InChI is InChI=1S/C19H20ClN3O2/c20-16-7-3-2-6-15(16)13-22-18(24)14-8-9-21-17(12-14)19(25)23-10-4-1-5-11-23/h2-3,6-9,12H,1,4-5,10-11,13H2,(H,22,24). The van der Waals surface area contributed by atoms with Gasteiger partial charge in [-0.2, -0.15) is 0 Å². The first-order chi connectivity index (χ1) is 12.1. The molecule has 1 aromatic carbocycles. The number of carbonyl (C=O) groups excluding carboxylic acids is 2. The first-order valence-corrected chi connectivity index (χ1v) is 8.80. The minimum atomic E-state index is -0.255. The number of rotatable bonds is 4. The van der Waals surface area contributed by atoms with E-state index in [-0.39, 0.29) is 11.8 Å². The molecule has 1 saturated heterocycles. The number of amides is 2. The van der Waals surface area contributed by atoms with Crippen LogP contribution in [0.5, 0.6) is 0 Å². The average molecular weight is 358 g/mol. The van der Waals surface area contributed by atoms with E-state index in [1.54, 1.807) is 23.1 Å². The number of hydrogen-bond donors (Lipinski definition) is 1. The second-order valence-corrected chi connectivity index (χ2v) is 6.46. The Bertz CT molecular complexity index is 773. The number of piperidine rings is 1. The molecule has 2 amide bonds. The fourth-order valence-corrected chi connectivity index (χ4v) is 3.07. The number of nitrogens with zero attached hydrogens (tertiary/aromatic N) is 2. The Labute approximate surface area is 152 Å². The number of benzene rings is 1. The average Bonchev–Trinajstić information content (AvgIpc) is 2.67. The van der Waals surface area contributed by atoms with Crippen molar-refractivity contribution >= 4 is 23.4 Å². The lowest BCUT2D eigenvalue weighted by Crippen LogP contribution is -2.36. The van der Waals surface area contributed by atoms with Gasteiger partial charge in [-0.05, 0) is 43.0 Å². The lowest BCUT2D eigenvalue weighted by Gasteiger charge is -2.26. The van der Waals surface area contributed by atoms with Crippen LogP contribution in [0.2, 0.25) is 5.02 Å². The Kier molecular flexibility index (Phi) is 5.66. The molecule has 0 saturated carbocycles. The molecule has 5 nitrogen and oxygen atoms in total. The zero-order valence-corrected chi connectivity index (χ0v) is 14.6. The fraction of sp³-hybridized carbons (Fsp3) is 0.316. The molecule has 2 aromatic rings. The van der Waals surface area contributed by atoms with Gasteiger partial charge in [-0.15, -0.1) is 0 Å². The molecular weight excluding hydrogens is 338 g/mol. The highest BCUT2D eigenvalue weighted by atomic mass is 35.5. The topological polar surface area (TPSA) is 62.3 Å². The van der Waals surface area contributed by atoms with Crippen LogP contribution in [0.15, 0.2) is 42.6 Å². The van der Waals surface area contributed by atoms with Crippen LogP contribution in [0, 0.1) is 0 Å². The van der Waals surface area contributed by atoms with Gasteiger partial charge in [0.25, 0.3) is 11.8 Å². The molecule has 0 spiro atoms. The second kappa shape index (κ2) is 8.12. The van der Waals surface area contributed by atoms with Gasteiger partial charge in [0, 0.05) is 36.4 Å². The summed E-state index contributed by atoms with van der Waals surface area (Å²) < 4.78 is 0. The van der Waals surface area contributed by atoms with E-state index < -0.39 is 0 Å². The van der Waals surface area contributed by atoms with Crippen molar-refractivity contribution in [2.75, 3.05) is 13.1 Å². The molecule has 1 aliphatic heterocycles. The van der Waals surface area contributed by atoms with Gasteiger partial charge in [0.15, 0.2) is 0 Å². The third-order valence-electron chi connectivity index (χ3n) is 4.28. The SMILES string of the molecule is O=C(NCc1ccccc1Cl)c1ccnc(C(=O)N2CCCCC2)c1. The fourth-order valence-electron chi connectivity index (χ4n) is 2.87. The van der Waals surface area contributed by atoms with Crippen molar-refractivity contribution in [2.45, 2.75) is 25.8 Å². The van der Waals surface area contributed by atoms with E-state index >= 15 is 0 Å². The van der Waals surface area contributed by atoms with Crippen LogP contribution in [0.3, 0.4) is 0 Å². The summed E-state index contributed by atoms with van der Waals surface area (Å²) in [4.78, 5) is 30.8. The van der Waals surface area contributed by atoms with Crippen LogP contribution in [-0.4, -0.2) is 34.8 Å². The Morgan fingerprint density at radius 1 is 1.12 bits per heavy atom. The highest BCUT2D eigenvalue weighted by Gasteiger charge is 2.20. The second-order valence-electron chi connectivity index (χ2n) is 6.06. The molecular formula is C19H20ClN3O2. The van der Waals surface area contributed by atoms with Gasteiger partial charge in [0.05, 0.1) is 0 Å². The number of likely N-dealkylation sites (tertiary alicyclic amines) is 1. The smallest absolute Gasteiger partial charge is 0.272 e. The van der Waals surface area contributed by atoms with Gasteiger partial charge >= 0.3 is 0 Å². The number of pyridine rings is 1. The van der Waals surface area contributed by atoms with Crippen LogP contribution in [0.25, 0.3) is 0 Å². The van der Waals surface area contributed by atoms with Crippen LogP contribution in [0.4, 0.5) is 0 Å². The molecule has 3 rings (SSSR count). The first-order valence-electron chi connectivity index (χ1n) is 8.42. The molecule has 1 aromatic heterocycles. The van der Waals surface area contributed by atoms with E-state index in [4.69, 9.17) is 11.6 Å². The van der Waals surface area contributed by atoms with Crippen LogP contribution < -0.4 is 5.32 Å². The highest BCUT2D eigenvalue weighted by Crippen LogP contribution is 2.15. The van der Waals surface area contributed by atoms with E-state index in [0.29, 0.717) is 22.8 Å². The van der Waals surface area contributed by atoms with E-state index in [1.807, 2.05) is 18.2 Å². The van der Waals surface area contributed by atoms with Crippen molar-refractivity contribution < 1.29 is 9.59 Å². The third-order valence-corrected chi connectivity index (χ3v) is 4.65. The first kappa shape index (κ1) is 17.4. The van der Waals surface area contributed by atoms with Gasteiger partial charge < -0.3 is 10.2 Å². The monoisotopic (exact) mass is 357 g/mol. The lowest BCUT2D eigenvalue weighted by atomic mass is 10.1. The van der Waals surface area contributed by atoms with Crippen molar-refractivity contribution in [1.82, 2.24) is 15.2 Å². The number of hydrogen-bond acceptors (Lipinski definition) is 3. The zero-order chi connectivity index (χ0) is 17.6.